The Kier molecular flexibility index (Phi) is 5.29. The summed E-state index contributed by atoms with van der Waals surface area (Å²) in [7, 11) is 0. The molecule has 3 nitrogen and oxygen atoms in total. The monoisotopic (exact) mass is 223 g/mol. The molecule has 1 atom stereocenters. The molecule has 1 unspecified atom stereocenters. The molecule has 0 radical (unpaired) electrons. The van der Waals surface area contributed by atoms with Gasteiger partial charge in [0.05, 0.1) is 18.8 Å². The number of nitrogens with two attached hydrogens (primary N) is 1. The Morgan fingerprint density at radius 2 is 1.94 bits per heavy atom. The maximum Gasteiger partial charge on any atom is 0.124 e. The zero-order valence-electron chi connectivity index (χ0n) is 10.3. The van der Waals surface area contributed by atoms with Crippen molar-refractivity contribution in [2.75, 3.05) is 13.2 Å². The van der Waals surface area contributed by atoms with Crippen LogP contribution in [0, 0.1) is 0 Å². The van der Waals surface area contributed by atoms with Crippen molar-refractivity contribution in [2.24, 2.45) is 5.73 Å². The molecule has 1 aromatic rings. The molecule has 0 aliphatic carbocycles. The molecule has 0 spiro atoms. The topological polar surface area (TPSA) is 44.5 Å². The highest BCUT2D eigenvalue weighted by Crippen LogP contribution is 2.24. The van der Waals surface area contributed by atoms with Gasteiger partial charge in [0.15, 0.2) is 0 Å². The molecule has 90 valence electrons. The minimum atomic E-state index is -0.130. The molecule has 0 heterocycles. The van der Waals surface area contributed by atoms with E-state index in [-0.39, 0.29) is 12.1 Å². The zero-order chi connectivity index (χ0) is 12.0. The van der Waals surface area contributed by atoms with Gasteiger partial charge in [-0.25, -0.2) is 0 Å². The number of hydrogen-bond donors (Lipinski definition) is 1. The Hall–Kier alpha value is -1.06. The van der Waals surface area contributed by atoms with Crippen molar-refractivity contribution in [3.05, 3.63) is 29.8 Å². The molecule has 0 bridgehead atoms. The van der Waals surface area contributed by atoms with Crippen LogP contribution in [-0.4, -0.2) is 19.3 Å². The smallest absolute Gasteiger partial charge is 0.124 e. The summed E-state index contributed by atoms with van der Waals surface area (Å²) in [6.07, 6.45) is 0.153. The fourth-order valence-electron chi connectivity index (χ4n) is 1.48. The number of ether oxygens (including phenoxy) is 2. The molecule has 0 amide bonds. The van der Waals surface area contributed by atoms with E-state index < -0.39 is 0 Å². The number of para-hydroxylation sites is 1. The minimum Gasteiger partial charge on any atom is -0.491 e. The van der Waals surface area contributed by atoms with Crippen LogP contribution in [0.1, 0.15) is 32.4 Å². The summed E-state index contributed by atoms with van der Waals surface area (Å²) in [5, 5.41) is 0. The fourth-order valence-corrected chi connectivity index (χ4v) is 1.48. The maximum atomic E-state index is 6.05. The van der Waals surface area contributed by atoms with Crippen LogP contribution in [0.15, 0.2) is 24.3 Å². The molecule has 0 aromatic heterocycles. The van der Waals surface area contributed by atoms with Crippen molar-refractivity contribution in [1.29, 1.82) is 0 Å². The molecule has 0 aliphatic heterocycles. The van der Waals surface area contributed by atoms with Crippen molar-refractivity contribution in [3.63, 3.8) is 0 Å². The van der Waals surface area contributed by atoms with E-state index in [0.717, 1.165) is 11.3 Å². The lowest BCUT2D eigenvalue weighted by Crippen LogP contribution is -2.19. The van der Waals surface area contributed by atoms with Gasteiger partial charge in [0, 0.05) is 12.2 Å². The molecule has 3 heteroatoms. The van der Waals surface area contributed by atoms with Crippen LogP contribution in [0.4, 0.5) is 0 Å². The first-order valence-corrected chi connectivity index (χ1v) is 5.74. The largest absolute Gasteiger partial charge is 0.491 e. The first kappa shape index (κ1) is 13.0. The van der Waals surface area contributed by atoms with Crippen LogP contribution >= 0.6 is 0 Å². The second-order valence-electron chi connectivity index (χ2n) is 3.97. The highest BCUT2D eigenvalue weighted by atomic mass is 16.5. The van der Waals surface area contributed by atoms with Gasteiger partial charge in [0.25, 0.3) is 0 Å². The van der Waals surface area contributed by atoms with Gasteiger partial charge in [-0.05, 0) is 26.8 Å². The molecule has 0 aliphatic rings. The molecule has 0 saturated heterocycles. The summed E-state index contributed by atoms with van der Waals surface area (Å²) in [4.78, 5) is 0. The van der Waals surface area contributed by atoms with Gasteiger partial charge in [-0.2, -0.15) is 0 Å². The van der Waals surface area contributed by atoms with Crippen LogP contribution in [0.25, 0.3) is 0 Å². The Balaban J connectivity index is 2.76. The maximum absolute atomic E-state index is 6.05. The number of rotatable bonds is 6. The summed E-state index contributed by atoms with van der Waals surface area (Å²) in [5.41, 5.74) is 7.06. The van der Waals surface area contributed by atoms with E-state index in [0.29, 0.717) is 13.2 Å². The summed E-state index contributed by atoms with van der Waals surface area (Å²) >= 11 is 0. The predicted molar refractivity (Wildman–Crippen MR) is 65.6 cm³/mol. The number of hydrogen-bond acceptors (Lipinski definition) is 3. The van der Waals surface area contributed by atoms with Gasteiger partial charge in [-0.15, -0.1) is 0 Å². The lowest BCUT2D eigenvalue weighted by atomic mass is 10.1. The Labute approximate surface area is 97.6 Å². The van der Waals surface area contributed by atoms with Crippen molar-refractivity contribution in [3.8, 4) is 5.75 Å². The first-order chi connectivity index (χ1) is 7.65. The van der Waals surface area contributed by atoms with Crippen LogP contribution in [0.3, 0.4) is 0 Å². The van der Waals surface area contributed by atoms with Gasteiger partial charge < -0.3 is 15.2 Å². The van der Waals surface area contributed by atoms with Crippen molar-refractivity contribution in [1.82, 2.24) is 0 Å². The third kappa shape index (κ3) is 3.83. The predicted octanol–water partition coefficient (Wildman–Crippen LogP) is 2.51. The van der Waals surface area contributed by atoms with E-state index >= 15 is 0 Å². The molecule has 1 rings (SSSR count). The van der Waals surface area contributed by atoms with E-state index in [9.17, 15) is 0 Å². The summed E-state index contributed by atoms with van der Waals surface area (Å²) in [6.45, 7) is 7.18. The highest BCUT2D eigenvalue weighted by Gasteiger charge is 2.12. The Bertz CT molecular complexity index is 313. The lowest BCUT2D eigenvalue weighted by Gasteiger charge is -2.18. The van der Waals surface area contributed by atoms with E-state index in [1.54, 1.807) is 0 Å². The summed E-state index contributed by atoms with van der Waals surface area (Å²) in [5.74, 6) is 0.852. The van der Waals surface area contributed by atoms with Crippen molar-refractivity contribution < 1.29 is 9.47 Å². The summed E-state index contributed by atoms with van der Waals surface area (Å²) < 4.78 is 11.0. The number of benzene rings is 1. The quantitative estimate of drug-likeness (QED) is 0.806. The fraction of sp³-hybridized carbons (Fsp3) is 0.538. The van der Waals surface area contributed by atoms with Gasteiger partial charge in [-0.1, -0.05) is 18.2 Å². The molecule has 16 heavy (non-hydrogen) atoms. The molecule has 1 aromatic carbocycles. The minimum absolute atomic E-state index is 0.130. The average Bonchev–Trinajstić information content (AvgIpc) is 2.26. The van der Waals surface area contributed by atoms with E-state index in [2.05, 4.69) is 0 Å². The zero-order valence-corrected chi connectivity index (χ0v) is 10.3. The standard InChI is InChI=1S/C13H21NO2/c1-4-15-9-12(14)11-7-5-6-8-13(11)16-10(2)3/h5-8,10,12H,4,9,14H2,1-3H3. The third-order valence-corrected chi connectivity index (χ3v) is 2.18. The lowest BCUT2D eigenvalue weighted by molar-refractivity contribution is 0.131. The second-order valence-corrected chi connectivity index (χ2v) is 3.97. The van der Waals surface area contributed by atoms with Gasteiger partial charge >= 0.3 is 0 Å². The van der Waals surface area contributed by atoms with E-state index in [1.165, 1.54) is 0 Å². The third-order valence-electron chi connectivity index (χ3n) is 2.18. The van der Waals surface area contributed by atoms with Gasteiger partial charge in [0.1, 0.15) is 5.75 Å². The molecular formula is C13H21NO2. The molecule has 0 fully saturated rings. The Morgan fingerprint density at radius 1 is 1.25 bits per heavy atom. The van der Waals surface area contributed by atoms with Gasteiger partial charge in [0.2, 0.25) is 0 Å². The first-order valence-electron chi connectivity index (χ1n) is 5.74. The van der Waals surface area contributed by atoms with Crippen LogP contribution in [0.2, 0.25) is 0 Å². The normalized spacial score (nSPS) is 12.8. The van der Waals surface area contributed by atoms with Crippen molar-refractivity contribution >= 4 is 0 Å². The van der Waals surface area contributed by atoms with Gasteiger partial charge in [-0.3, -0.25) is 0 Å². The van der Waals surface area contributed by atoms with Crippen LogP contribution < -0.4 is 10.5 Å². The molecular weight excluding hydrogens is 202 g/mol. The molecule has 0 saturated carbocycles. The SMILES string of the molecule is CCOCC(N)c1ccccc1OC(C)C. The average molecular weight is 223 g/mol. The molecule has 2 N–H and O–H groups in total. The summed E-state index contributed by atoms with van der Waals surface area (Å²) in [6, 6.07) is 7.72. The van der Waals surface area contributed by atoms with E-state index in [4.69, 9.17) is 15.2 Å². The Morgan fingerprint density at radius 3 is 2.56 bits per heavy atom. The highest BCUT2D eigenvalue weighted by molar-refractivity contribution is 5.35. The van der Waals surface area contributed by atoms with Crippen LogP contribution in [-0.2, 0) is 4.74 Å². The second kappa shape index (κ2) is 6.51. The van der Waals surface area contributed by atoms with Crippen LogP contribution in [0.5, 0.6) is 5.75 Å². The van der Waals surface area contributed by atoms with E-state index in [1.807, 2.05) is 45.0 Å². The van der Waals surface area contributed by atoms with Crippen molar-refractivity contribution in [2.45, 2.75) is 32.9 Å².